The Morgan fingerprint density at radius 1 is 0.571 bits per heavy atom. The van der Waals surface area contributed by atoms with E-state index in [9.17, 15) is 4.39 Å². The average Bonchev–Trinajstić information content (AvgIpc) is 3.24. The molecule has 5 atom stereocenters. The van der Waals surface area contributed by atoms with Crippen LogP contribution in [0.2, 0.25) is 5.02 Å². The number of ether oxygens (including phenoxy) is 6. The van der Waals surface area contributed by atoms with E-state index >= 15 is 0 Å². The van der Waals surface area contributed by atoms with Crippen LogP contribution in [0.25, 0.3) is 0 Å². The summed E-state index contributed by atoms with van der Waals surface area (Å²) in [5, 5.41) is 0.561. The fourth-order valence-electron chi connectivity index (χ4n) is 7.10. The van der Waals surface area contributed by atoms with Crippen molar-refractivity contribution >= 4 is 11.6 Å². The normalized spacial score (nSPS) is 20.8. The Kier molecular flexibility index (Phi) is 13.7. The first-order chi connectivity index (χ1) is 27.5. The predicted octanol–water partition coefficient (Wildman–Crippen LogP) is 10.2. The molecule has 0 amide bonds. The maximum absolute atomic E-state index is 13.9. The third kappa shape index (κ3) is 9.99. The van der Waals surface area contributed by atoms with Crippen molar-refractivity contribution in [3.05, 3.63) is 214 Å². The molecule has 1 aliphatic rings. The van der Waals surface area contributed by atoms with Crippen molar-refractivity contribution in [2.75, 3.05) is 13.7 Å². The van der Waals surface area contributed by atoms with Crippen LogP contribution in [-0.4, -0.2) is 38.1 Å². The lowest BCUT2D eigenvalue weighted by Gasteiger charge is -2.52. The number of benzene rings is 6. The molecule has 0 spiro atoms. The van der Waals surface area contributed by atoms with Gasteiger partial charge in [0.05, 0.1) is 33.0 Å². The lowest BCUT2D eigenvalue weighted by molar-refractivity contribution is -0.385. The van der Waals surface area contributed by atoms with Gasteiger partial charge in [0.2, 0.25) is 5.79 Å². The van der Waals surface area contributed by atoms with E-state index in [2.05, 4.69) is 0 Å². The molecule has 0 aliphatic carbocycles. The first-order valence-corrected chi connectivity index (χ1v) is 19.2. The zero-order valence-corrected chi connectivity index (χ0v) is 32.1. The molecule has 0 saturated carbocycles. The number of methoxy groups -OCH3 is 1. The predicted molar refractivity (Wildman–Crippen MR) is 215 cm³/mol. The molecular weight excluding hydrogens is 727 g/mol. The number of hydrogen-bond acceptors (Lipinski definition) is 6. The molecule has 8 heteroatoms. The van der Waals surface area contributed by atoms with Crippen LogP contribution >= 0.6 is 11.6 Å². The molecule has 1 fully saturated rings. The number of rotatable bonds is 17. The third-order valence-corrected chi connectivity index (χ3v) is 10.4. The van der Waals surface area contributed by atoms with Crippen LogP contribution in [-0.2, 0) is 67.1 Å². The summed E-state index contributed by atoms with van der Waals surface area (Å²) in [6, 6.07) is 52.2. The van der Waals surface area contributed by atoms with Gasteiger partial charge in [-0.15, -0.1) is 0 Å². The van der Waals surface area contributed by atoms with Gasteiger partial charge in [0.25, 0.3) is 0 Å². The Hall–Kier alpha value is -4.70. The van der Waals surface area contributed by atoms with Gasteiger partial charge in [0.1, 0.15) is 30.2 Å². The number of halogens is 2. The van der Waals surface area contributed by atoms with Crippen molar-refractivity contribution in [1.29, 1.82) is 0 Å². The van der Waals surface area contributed by atoms with Crippen molar-refractivity contribution in [3.8, 4) is 0 Å². The number of hydrogen-bond donors (Lipinski definition) is 0. The van der Waals surface area contributed by atoms with Gasteiger partial charge in [-0.25, -0.2) is 4.39 Å². The van der Waals surface area contributed by atoms with Crippen LogP contribution in [0.1, 0.15) is 38.9 Å². The van der Waals surface area contributed by atoms with Crippen LogP contribution in [0.15, 0.2) is 164 Å². The summed E-state index contributed by atoms with van der Waals surface area (Å²) in [5.41, 5.74) is 6.42. The van der Waals surface area contributed by atoms with Crippen LogP contribution in [0.4, 0.5) is 4.39 Å². The first kappa shape index (κ1) is 39.5. The Bertz CT molecular complexity index is 2070. The fourth-order valence-corrected chi connectivity index (χ4v) is 7.29. The molecular formula is C48H46ClFO6. The summed E-state index contributed by atoms with van der Waals surface area (Å²) in [4.78, 5) is 0. The summed E-state index contributed by atoms with van der Waals surface area (Å²) in [5.74, 6) is -1.81. The molecule has 0 bridgehead atoms. The minimum Gasteiger partial charge on any atom is -0.374 e. The second-order valence-electron chi connectivity index (χ2n) is 13.9. The monoisotopic (exact) mass is 772 g/mol. The molecule has 6 aromatic rings. The van der Waals surface area contributed by atoms with E-state index in [1.807, 2.05) is 140 Å². The molecule has 288 valence electrons. The summed E-state index contributed by atoms with van der Waals surface area (Å²) in [7, 11) is 1.62. The molecule has 6 nitrogen and oxygen atoms in total. The Morgan fingerprint density at radius 2 is 1.07 bits per heavy atom. The van der Waals surface area contributed by atoms with E-state index in [0.29, 0.717) is 30.2 Å². The van der Waals surface area contributed by atoms with Crippen molar-refractivity contribution in [3.63, 3.8) is 0 Å². The minimum absolute atomic E-state index is 0.173. The Morgan fingerprint density at radius 3 is 1.61 bits per heavy atom. The van der Waals surface area contributed by atoms with Crippen molar-refractivity contribution in [1.82, 2.24) is 0 Å². The highest BCUT2D eigenvalue weighted by Gasteiger charge is 2.58. The van der Waals surface area contributed by atoms with E-state index in [0.717, 1.165) is 33.4 Å². The van der Waals surface area contributed by atoms with E-state index in [-0.39, 0.29) is 25.6 Å². The van der Waals surface area contributed by atoms with Crippen molar-refractivity contribution in [2.45, 2.75) is 63.1 Å². The van der Waals surface area contributed by atoms with Gasteiger partial charge < -0.3 is 28.4 Å². The Labute approximate surface area is 333 Å². The molecule has 0 N–H and O–H groups in total. The summed E-state index contributed by atoms with van der Waals surface area (Å²) in [6.45, 7) is 1.39. The SMILES string of the molecule is CO[C@@]1(c2ccc(Cl)c(Cc3ccc(F)cc3)c2)O[C@H](COCc2ccccc2)[C@@H](OCc2ccccc2)[C@H](OCc2ccccc2)[C@H]1OCc1ccccc1. The zero-order chi connectivity index (χ0) is 38.6. The maximum atomic E-state index is 13.9. The standard InChI is InChI=1S/C48H46ClFO6/c1-51-48(41-24-27-43(49)40(29-41)28-35-22-25-42(50)26-23-35)47(55-33-39-20-12-5-13-21-39)46(54-32-38-18-10-4-11-19-38)45(53-31-37-16-8-3-9-17-37)44(56-48)34-52-30-36-14-6-2-7-15-36/h2-27,29,44-47H,28,30-34H2,1H3/t44-,45-,46+,47-,48+/m1/s1. The first-order valence-electron chi connectivity index (χ1n) is 18.9. The molecule has 1 saturated heterocycles. The molecule has 7 rings (SSSR count). The van der Waals surface area contributed by atoms with E-state index < -0.39 is 30.2 Å². The van der Waals surface area contributed by atoms with E-state index in [1.165, 1.54) is 12.1 Å². The largest absolute Gasteiger partial charge is 0.374 e. The van der Waals surface area contributed by atoms with Gasteiger partial charge in [-0.3, -0.25) is 0 Å². The van der Waals surface area contributed by atoms with Gasteiger partial charge in [-0.1, -0.05) is 151 Å². The molecule has 1 heterocycles. The molecule has 6 aromatic carbocycles. The van der Waals surface area contributed by atoms with Gasteiger partial charge in [-0.2, -0.15) is 0 Å². The molecule has 1 aliphatic heterocycles. The Balaban J connectivity index is 1.31. The molecule has 56 heavy (non-hydrogen) atoms. The minimum atomic E-state index is -1.51. The van der Waals surface area contributed by atoms with Gasteiger partial charge in [-0.05, 0) is 64.1 Å². The lowest BCUT2D eigenvalue weighted by atomic mass is 9.86. The average molecular weight is 773 g/mol. The molecule has 0 aromatic heterocycles. The third-order valence-electron chi connectivity index (χ3n) is 9.99. The zero-order valence-electron chi connectivity index (χ0n) is 31.3. The van der Waals surface area contributed by atoms with Crippen molar-refractivity contribution in [2.24, 2.45) is 0 Å². The van der Waals surface area contributed by atoms with Gasteiger partial charge in [0, 0.05) is 17.7 Å². The van der Waals surface area contributed by atoms with Crippen LogP contribution in [0, 0.1) is 5.82 Å². The highest BCUT2D eigenvalue weighted by atomic mass is 35.5. The van der Waals surface area contributed by atoms with E-state index in [1.54, 1.807) is 19.2 Å². The van der Waals surface area contributed by atoms with Crippen LogP contribution in [0.5, 0.6) is 0 Å². The lowest BCUT2D eigenvalue weighted by Crippen LogP contribution is -2.66. The summed E-state index contributed by atoms with van der Waals surface area (Å²) >= 11 is 6.86. The second kappa shape index (κ2) is 19.4. The molecule has 0 unspecified atom stereocenters. The van der Waals surface area contributed by atoms with Crippen LogP contribution < -0.4 is 0 Å². The van der Waals surface area contributed by atoms with Gasteiger partial charge in [0.15, 0.2) is 0 Å². The summed E-state index contributed by atoms with van der Waals surface area (Å²) in [6.07, 6.45) is -2.41. The van der Waals surface area contributed by atoms with Crippen LogP contribution in [0.3, 0.4) is 0 Å². The maximum Gasteiger partial charge on any atom is 0.225 e. The topological polar surface area (TPSA) is 55.4 Å². The highest BCUT2D eigenvalue weighted by Crippen LogP contribution is 2.45. The molecule has 0 radical (unpaired) electrons. The van der Waals surface area contributed by atoms with Gasteiger partial charge >= 0.3 is 0 Å². The van der Waals surface area contributed by atoms with E-state index in [4.69, 9.17) is 40.0 Å². The van der Waals surface area contributed by atoms with Crippen molar-refractivity contribution < 1.29 is 32.8 Å². The summed E-state index contributed by atoms with van der Waals surface area (Å²) < 4.78 is 54.9. The second-order valence-corrected chi connectivity index (χ2v) is 14.3. The fraction of sp³-hybridized carbons (Fsp3) is 0.250. The quantitative estimate of drug-likeness (QED) is 0.0920. The smallest absolute Gasteiger partial charge is 0.225 e. The highest BCUT2D eigenvalue weighted by molar-refractivity contribution is 6.31.